The average molecular weight is 258 g/mol. The summed E-state index contributed by atoms with van der Waals surface area (Å²) in [4.78, 5) is 0. The summed E-state index contributed by atoms with van der Waals surface area (Å²) in [6.07, 6.45) is -0.608. The Morgan fingerprint density at radius 2 is 1.83 bits per heavy atom. The monoisotopic (exact) mass is 258 g/mol. The van der Waals surface area contributed by atoms with E-state index in [9.17, 15) is 5.11 Å². The van der Waals surface area contributed by atoms with Gasteiger partial charge in [0.2, 0.25) is 0 Å². The van der Waals surface area contributed by atoms with Gasteiger partial charge in [-0.15, -0.1) is 0 Å². The third-order valence-electron chi connectivity index (χ3n) is 3.98. The molecule has 5 heteroatoms. The summed E-state index contributed by atoms with van der Waals surface area (Å²) in [6.45, 7) is 8.24. The topological polar surface area (TPSA) is 57.2 Å². The lowest BCUT2D eigenvalue weighted by atomic mass is 9.91. The standard InChI is InChI=1S/C13H22O5/c1-12(2)5-7-9(14)10(16-11(7)18-12)8-6-15-13(3,4)17-8/h7-11,14H,5-6H2,1-4H3/t7-,8-,9+,10+,11+/m0/s1. The van der Waals surface area contributed by atoms with Crippen LogP contribution < -0.4 is 0 Å². The summed E-state index contributed by atoms with van der Waals surface area (Å²) in [5.74, 6) is -0.553. The van der Waals surface area contributed by atoms with Gasteiger partial charge in [0.25, 0.3) is 0 Å². The number of ether oxygens (including phenoxy) is 4. The van der Waals surface area contributed by atoms with Crippen molar-refractivity contribution in [2.75, 3.05) is 6.61 Å². The molecule has 0 bridgehead atoms. The van der Waals surface area contributed by atoms with Gasteiger partial charge in [0, 0.05) is 5.92 Å². The predicted octanol–water partition coefficient (Wildman–Crippen LogP) is 1.04. The van der Waals surface area contributed by atoms with Crippen molar-refractivity contribution in [3.63, 3.8) is 0 Å². The van der Waals surface area contributed by atoms with E-state index < -0.39 is 11.9 Å². The van der Waals surface area contributed by atoms with Gasteiger partial charge in [-0.3, -0.25) is 0 Å². The van der Waals surface area contributed by atoms with Gasteiger partial charge in [0.1, 0.15) is 12.2 Å². The predicted molar refractivity (Wildman–Crippen MR) is 62.8 cm³/mol. The molecule has 104 valence electrons. The van der Waals surface area contributed by atoms with Crippen LogP contribution in [0, 0.1) is 5.92 Å². The molecule has 0 aromatic rings. The Labute approximate surface area is 107 Å². The third kappa shape index (κ3) is 2.08. The Hall–Kier alpha value is -0.200. The zero-order chi connectivity index (χ0) is 13.1. The van der Waals surface area contributed by atoms with E-state index in [1.807, 2.05) is 27.7 Å². The minimum atomic E-state index is -0.592. The third-order valence-corrected chi connectivity index (χ3v) is 3.98. The molecule has 0 saturated carbocycles. The van der Waals surface area contributed by atoms with E-state index >= 15 is 0 Å². The molecule has 0 aromatic carbocycles. The van der Waals surface area contributed by atoms with Crippen LogP contribution in [-0.2, 0) is 18.9 Å². The lowest BCUT2D eigenvalue weighted by Crippen LogP contribution is -2.40. The van der Waals surface area contributed by atoms with Crippen LogP contribution in [0.4, 0.5) is 0 Å². The second-order valence-corrected chi connectivity index (χ2v) is 6.57. The first-order valence-corrected chi connectivity index (χ1v) is 6.61. The van der Waals surface area contributed by atoms with Crippen molar-refractivity contribution in [1.29, 1.82) is 0 Å². The van der Waals surface area contributed by atoms with E-state index in [1.54, 1.807) is 0 Å². The number of aliphatic hydroxyl groups excluding tert-OH is 1. The lowest BCUT2D eigenvalue weighted by molar-refractivity contribution is -0.199. The summed E-state index contributed by atoms with van der Waals surface area (Å²) in [5.41, 5.74) is -0.215. The largest absolute Gasteiger partial charge is 0.390 e. The molecular weight excluding hydrogens is 236 g/mol. The minimum Gasteiger partial charge on any atom is -0.390 e. The molecule has 3 rings (SSSR count). The second-order valence-electron chi connectivity index (χ2n) is 6.57. The van der Waals surface area contributed by atoms with E-state index in [0.29, 0.717) is 6.61 Å². The lowest BCUT2D eigenvalue weighted by Gasteiger charge is -2.26. The molecular formula is C13H22O5. The van der Waals surface area contributed by atoms with Crippen molar-refractivity contribution in [1.82, 2.24) is 0 Å². The molecule has 5 atom stereocenters. The van der Waals surface area contributed by atoms with Crippen LogP contribution in [0.5, 0.6) is 0 Å². The molecule has 0 unspecified atom stereocenters. The van der Waals surface area contributed by atoms with Crippen LogP contribution in [-0.4, -0.2) is 47.7 Å². The molecule has 0 spiro atoms. The van der Waals surface area contributed by atoms with Crippen LogP contribution in [0.15, 0.2) is 0 Å². The highest BCUT2D eigenvalue weighted by molar-refractivity contribution is 4.99. The molecule has 5 nitrogen and oxygen atoms in total. The number of hydrogen-bond donors (Lipinski definition) is 1. The zero-order valence-corrected chi connectivity index (χ0v) is 11.4. The number of aliphatic hydroxyl groups is 1. The Balaban J connectivity index is 1.68. The van der Waals surface area contributed by atoms with Gasteiger partial charge < -0.3 is 24.1 Å². The molecule has 3 heterocycles. The zero-order valence-electron chi connectivity index (χ0n) is 11.4. The summed E-state index contributed by atoms with van der Waals surface area (Å²) in [5, 5.41) is 10.4. The van der Waals surface area contributed by atoms with Gasteiger partial charge in [0.05, 0.1) is 18.3 Å². The van der Waals surface area contributed by atoms with Gasteiger partial charge in [0.15, 0.2) is 12.1 Å². The first kappa shape index (κ1) is 12.8. The maximum absolute atomic E-state index is 10.4. The molecule has 3 aliphatic rings. The highest BCUT2D eigenvalue weighted by Crippen LogP contribution is 2.45. The van der Waals surface area contributed by atoms with E-state index in [4.69, 9.17) is 18.9 Å². The number of rotatable bonds is 1. The Bertz CT molecular complexity index is 340. The fourth-order valence-corrected chi connectivity index (χ4v) is 3.19. The highest BCUT2D eigenvalue weighted by Gasteiger charge is 2.56. The summed E-state index contributed by atoms with van der Waals surface area (Å²) < 4.78 is 22.9. The smallest absolute Gasteiger partial charge is 0.164 e. The molecule has 0 amide bonds. The first-order chi connectivity index (χ1) is 8.27. The second kappa shape index (κ2) is 3.90. The highest BCUT2D eigenvalue weighted by atomic mass is 16.8. The van der Waals surface area contributed by atoms with Crippen LogP contribution in [0.2, 0.25) is 0 Å². The minimum absolute atomic E-state index is 0.0392. The van der Waals surface area contributed by atoms with Gasteiger partial charge in [-0.2, -0.15) is 0 Å². The molecule has 3 saturated heterocycles. The molecule has 0 radical (unpaired) electrons. The van der Waals surface area contributed by atoms with E-state index in [2.05, 4.69) is 0 Å². The maximum atomic E-state index is 10.4. The summed E-state index contributed by atoms with van der Waals surface area (Å²) >= 11 is 0. The van der Waals surface area contributed by atoms with Gasteiger partial charge >= 0.3 is 0 Å². The first-order valence-electron chi connectivity index (χ1n) is 6.61. The summed E-state index contributed by atoms with van der Waals surface area (Å²) in [7, 11) is 0. The van der Waals surface area contributed by atoms with Crippen molar-refractivity contribution in [3.05, 3.63) is 0 Å². The van der Waals surface area contributed by atoms with Crippen molar-refractivity contribution < 1.29 is 24.1 Å². The van der Waals surface area contributed by atoms with Gasteiger partial charge in [-0.05, 0) is 34.1 Å². The fraction of sp³-hybridized carbons (Fsp3) is 1.00. The number of hydrogen-bond acceptors (Lipinski definition) is 5. The van der Waals surface area contributed by atoms with Crippen molar-refractivity contribution in [3.8, 4) is 0 Å². The van der Waals surface area contributed by atoms with Crippen LogP contribution in [0.3, 0.4) is 0 Å². The van der Waals surface area contributed by atoms with Crippen molar-refractivity contribution in [2.45, 2.75) is 70.1 Å². The van der Waals surface area contributed by atoms with Crippen LogP contribution in [0.25, 0.3) is 0 Å². The molecule has 0 aliphatic carbocycles. The molecule has 18 heavy (non-hydrogen) atoms. The van der Waals surface area contributed by atoms with Crippen LogP contribution in [0.1, 0.15) is 34.1 Å². The van der Waals surface area contributed by atoms with E-state index in [-0.39, 0.29) is 30.0 Å². The molecule has 3 fully saturated rings. The SMILES string of the molecule is CC1(C)C[C@@H]2[C@H](O[C@H]([C@@H]3COC(C)(C)O3)[C@@H]2O)O1. The van der Waals surface area contributed by atoms with E-state index in [1.165, 1.54) is 0 Å². The van der Waals surface area contributed by atoms with Gasteiger partial charge in [-0.25, -0.2) is 0 Å². The molecule has 1 N–H and O–H groups in total. The van der Waals surface area contributed by atoms with Crippen molar-refractivity contribution in [2.24, 2.45) is 5.92 Å². The fourth-order valence-electron chi connectivity index (χ4n) is 3.19. The van der Waals surface area contributed by atoms with Crippen LogP contribution >= 0.6 is 0 Å². The quantitative estimate of drug-likeness (QED) is 0.761. The Morgan fingerprint density at radius 3 is 2.39 bits per heavy atom. The molecule has 3 aliphatic heterocycles. The summed E-state index contributed by atoms with van der Waals surface area (Å²) in [6, 6.07) is 0. The normalized spacial score (nSPS) is 49.5. The van der Waals surface area contributed by atoms with Gasteiger partial charge in [-0.1, -0.05) is 0 Å². The Kier molecular flexibility index (Phi) is 2.78. The molecule has 0 aromatic heterocycles. The average Bonchev–Trinajstić information content (AvgIpc) is 2.81. The maximum Gasteiger partial charge on any atom is 0.164 e. The Morgan fingerprint density at radius 1 is 1.11 bits per heavy atom. The van der Waals surface area contributed by atoms with Crippen molar-refractivity contribution >= 4 is 0 Å². The number of fused-ring (bicyclic) bond motifs is 1. The van der Waals surface area contributed by atoms with E-state index in [0.717, 1.165) is 6.42 Å².